The van der Waals surface area contributed by atoms with Crippen LogP contribution >= 0.6 is 0 Å². The van der Waals surface area contributed by atoms with Crippen molar-refractivity contribution < 1.29 is 19.2 Å². The van der Waals surface area contributed by atoms with E-state index in [1.807, 2.05) is 0 Å². The van der Waals surface area contributed by atoms with E-state index in [9.17, 15) is 14.7 Å². The number of hydrogen-bond acceptors (Lipinski definition) is 4. The monoisotopic (exact) mass is 292 g/mol. The first-order valence-electron chi connectivity index (χ1n) is 7.53. The second-order valence-corrected chi connectivity index (χ2v) is 6.15. The third-order valence-corrected chi connectivity index (χ3v) is 4.75. The maximum Gasteiger partial charge on any atom is 0.329 e. The van der Waals surface area contributed by atoms with E-state index >= 15 is 0 Å². The van der Waals surface area contributed by atoms with Crippen LogP contribution in [0.1, 0.15) is 67.1 Å². The molecule has 0 bridgehead atoms. The molecule has 1 heterocycles. The van der Waals surface area contributed by atoms with Crippen LogP contribution in [0.15, 0.2) is 10.6 Å². The van der Waals surface area contributed by atoms with Crippen LogP contribution in [0.2, 0.25) is 0 Å². The second kappa shape index (κ2) is 5.16. The quantitative estimate of drug-likeness (QED) is 0.921. The van der Waals surface area contributed by atoms with Crippen molar-refractivity contribution in [3.05, 3.63) is 17.5 Å². The van der Waals surface area contributed by atoms with Crippen molar-refractivity contribution in [2.75, 3.05) is 7.05 Å². The Morgan fingerprint density at radius 1 is 1.33 bits per heavy atom. The van der Waals surface area contributed by atoms with E-state index in [0.717, 1.165) is 37.9 Å². The third kappa shape index (κ3) is 2.43. The number of hydrogen-bond donors (Lipinski definition) is 1. The van der Waals surface area contributed by atoms with Gasteiger partial charge < -0.3 is 14.5 Å². The van der Waals surface area contributed by atoms with Crippen molar-refractivity contribution in [2.24, 2.45) is 0 Å². The Hall–Kier alpha value is -1.85. The van der Waals surface area contributed by atoms with Gasteiger partial charge >= 0.3 is 5.97 Å². The first kappa shape index (κ1) is 14.1. The third-order valence-electron chi connectivity index (χ3n) is 4.75. The highest BCUT2D eigenvalue weighted by atomic mass is 16.5. The fourth-order valence-electron chi connectivity index (χ4n) is 3.15. The van der Waals surface area contributed by atoms with Crippen LogP contribution in [-0.2, 0) is 4.79 Å². The van der Waals surface area contributed by atoms with Gasteiger partial charge in [-0.25, -0.2) is 4.79 Å². The fourth-order valence-corrected chi connectivity index (χ4v) is 3.15. The van der Waals surface area contributed by atoms with Crippen LogP contribution < -0.4 is 0 Å². The average molecular weight is 292 g/mol. The zero-order valence-electron chi connectivity index (χ0n) is 12.2. The maximum absolute atomic E-state index is 12.5. The molecule has 1 amide bonds. The summed E-state index contributed by atoms with van der Waals surface area (Å²) in [6.07, 6.45) is 5.81. The van der Waals surface area contributed by atoms with E-state index in [1.54, 1.807) is 13.1 Å². The molecule has 1 aromatic rings. The number of rotatable bonds is 4. The maximum atomic E-state index is 12.5. The summed E-state index contributed by atoms with van der Waals surface area (Å²) < 4.78 is 5.20. The van der Waals surface area contributed by atoms with Crippen molar-refractivity contribution >= 4 is 11.9 Å². The zero-order valence-corrected chi connectivity index (χ0v) is 12.2. The number of nitrogens with zero attached hydrogens (tertiary/aromatic N) is 2. The Kier molecular flexibility index (Phi) is 3.47. The summed E-state index contributed by atoms with van der Waals surface area (Å²) in [6.45, 7) is 0. The number of carbonyl (C=O) groups is 2. The van der Waals surface area contributed by atoms with Crippen molar-refractivity contribution in [2.45, 2.75) is 56.4 Å². The molecule has 0 aromatic carbocycles. The molecule has 3 rings (SSSR count). The minimum atomic E-state index is -1.10. The summed E-state index contributed by atoms with van der Waals surface area (Å²) in [4.78, 5) is 25.6. The van der Waals surface area contributed by atoms with Crippen LogP contribution in [0, 0.1) is 0 Å². The molecule has 114 valence electrons. The van der Waals surface area contributed by atoms with Crippen molar-refractivity contribution in [3.8, 4) is 0 Å². The van der Waals surface area contributed by atoms with Crippen molar-refractivity contribution in [1.82, 2.24) is 10.1 Å². The van der Waals surface area contributed by atoms with Crippen LogP contribution in [0.5, 0.6) is 0 Å². The van der Waals surface area contributed by atoms with Crippen LogP contribution in [0.3, 0.4) is 0 Å². The largest absolute Gasteiger partial charge is 0.479 e. The molecule has 0 spiro atoms. The minimum absolute atomic E-state index is 0.214. The summed E-state index contributed by atoms with van der Waals surface area (Å²) in [5, 5.41) is 13.4. The Labute approximate surface area is 123 Å². The SMILES string of the molecule is CN(C(=O)c1cc(C2CC2)on1)C1(C(=O)O)CCCCC1. The smallest absolute Gasteiger partial charge is 0.329 e. The van der Waals surface area contributed by atoms with Crippen LogP contribution in [-0.4, -0.2) is 39.6 Å². The topological polar surface area (TPSA) is 83.6 Å². The van der Waals surface area contributed by atoms with Crippen molar-refractivity contribution in [3.63, 3.8) is 0 Å². The summed E-state index contributed by atoms with van der Waals surface area (Å²) in [5.74, 6) is -0.175. The summed E-state index contributed by atoms with van der Waals surface area (Å²) in [7, 11) is 1.56. The van der Waals surface area contributed by atoms with Gasteiger partial charge in [-0.1, -0.05) is 24.4 Å². The van der Waals surface area contributed by atoms with E-state index in [1.165, 1.54) is 4.90 Å². The van der Waals surface area contributed by atoms with Gasteiger partial charge in [0.1, 0.15) is 11.3 Å². The molecule has 0 saturated heterocycles. The molecular formula is C15H20N2O4. The van der Waals surface area contributed by atoms with Gasteiger partial charge in [0.05, 0.1) is 0 Å². The summed E-state index contributed by atoms with van der Waals surface area (Å²) in [6, 6.07) is 1.66. The molecule has 1 aromatic heterocycles. The second-order valence-electron chi connectivity index (χ2n) is 6.15. The van der Waals surface area contributed by atoms with Crippen LogP contribution in [0.4, 0.5) is 0 Å². The van der Waals surface area contributed by atoms with E-state index in [0.29, 0.717) is 18.8 Å². The first-order valence-corrected chi connectivity index (χ1v) is 7.53. The molecule has 6 heteroatoms. The van der Waals surface area contributed by atoms with Crippen molar-refractivity contribution in [1.29, 1.82) is 0 Å². The molecule has 0 atom stereocenters. The molecule has 21 heavy (non-hydrogen) atoms. The minimum Gasteiger partial charge on any atom is -0.479 e. The van der Waals surface area contributed by atoms with E-state index in [2.05, 4.69) is 5.16 Å². The van der Waals surface area contributed by atoms with Gasteiger partial charge in [0.25, 0.3) is 5.91 Å². The molecule has 1 N–H and O–H groups in total. The van der Waals surface area contributed by atoms with E-state index < -0.39 is 11.5 Å². The molecule has 2 aliphatic rings. The Balaban J connectivity index is 1.82. The van der Waals surface area contributed by atoms with E-state index in [-0.39, 0.29) is 11.6 Å². The number of carboxylic acids is 1. The number of carbonyl (C=O) groups excluding carboxylic acids is 1. The number of aromatic nitrogens is 1. The molecule has 2 aliphatic carbocycles. The van der Waals surface area contributed by atoms with Gasteiger partial charge in [-0.05, 0) is 25.7 Å². The molecule has 2 saturated carbocycles. The lowest BCUT2D eigenvalue weighted by Crippen LogP contribution is -2.56. The fraction of sp³-hybridized carbons (Fsp3) is 0.667. The summed E-state index contributed by atoms with van der Waals surface area (Å²) in [5.41, 5.74) is -0.890. The van der Waals surface area contributed by atoms with Gasteiger partial charge in [-0.3, -0.25) is 4.79 Å². The highest BCUT2D eigenvalue weighted by Gasteiger charge is 2.46. The molecule has 6 nitrogen and oxygen atoms in total. The predicted octanol–water partition coefficient (Wildman–Crippen LogP) is 2.41. The number of aliphatic carboxylic acids is 1. The lowest BCUT2D eigenvalue weighted by molar-refractivity contribution is -0.151. The lowest BCUT2D eigenvalue weighted by atomic mass is 9.80. The molecule has 0 aliphatic heterocycles. The van der Waals surface area contributed by atoms with Crippen LogP contribution in [0.25, 0.3) is 0 Å². The molecular weight excluding hydrogens is 272 g/mol. The summed E-state index contributed by atoms with van der Waals surface area (Å²) >= 11 is 0. The standard InChI is InChI=1S/C15H20N2O4/c1-17(15(14(19)20)7-3-2-4-8-15)13(18)11-9-12(21-16-11)10-5-6-10/h9-10H,2-8H2,1H3,(H,19,20). The Morgan fingerprint density at radius 3 is 2.57 bits per heavy atom. The normalized spacial score (nSPS) is 21.0. The van der Waals surface area contributed by atoms with Gasteiger partial charge in [0.15, 0.2) is 5.69 Å². The average Bonchev–Trinajstić information content (AvgIpc) is 3.23. The molecule has 0 unspecified atom stereocenters. The molecule has 2 fully saturated rings. The zero-order chi connectivity index (χ0) is 15.0. The predicted molar refractivity (Wildman–Crippen MR) is 74.0 cm³/mol. The number of carboxylic acid groups (broad SMARTS) is 1. The highest BCUT2D eigenvalue weighted by Crippen LogP contribution is 2.40. The number of likely N-dealkylation sites (N-methyl/N-ethyl adjacent to an activating group) is 1. The molecule has 0 radical (unpaired) electrons. The Morgan fingerprint density at radius 2 is 2.00 bits per heavy atom. The Bertz CT molecular complexity index is 556. The van der Waals surface area contributed by atoms with Gasteiger partial charge in [0, 0.05) is 19.0 Å². The first-order chi connectivity index (χ1) is 10.0. The van der Waals surface area contributed by atoms with Gasteiger partial charge in [-0.15, -0.1) is 0 Å². The highest BCUT2D eigenvalue weighted by molar-refractivity contribution is 5.96. The van der Waals surface area contributed by atoms with Gasteiger partial charge in [0.2, 0.25) is 0 Å². The lowest BCUT2D eigenvalue weighted by Gasteiger charge is -2.40. The van der Waals surface area contributed by atoms with E-state index in [4.69, 9.17) is 4.52 Å². The number of amides is 1. The van der Waals surface area contributed by atoms with Gasteiger partial charge in [-0.2, -0.15) is 0 Å².